The predicted molar refractivity (Wildman–Crippen MR) is 58.5 cm³/mol. The van der Waals surface area contributed by atoms with E-state index in [1.807, 2.05) is 11.7 Å². The highest BCUT2D eigenvalue weighted by Gasteiger charge is 2.29. The molecule has 2 N–H and O–H groups in total. The van der Waals surface area contributed by atoms with E-state index < -0.39 is 0 Å². The lowest BCUT2D eigenvalue weighted by Crippen LogP contribution is -2.34. The molecule has 0 aliphatic heterocycles. The fourth-order valence-corrected chi connectivity index (χ4v) is 2.32. The average molecular weight is 202 g/mol. The largest absolute Gasteiger partial charge is 0.328 e. The smallest absolute Gasteiger partial charge is 0.116 e. The molecule has 0 saturated heterocycles. The molecule has 1 aliphatic carbocycles. The fourth-order valence-electron chi connectivity index (χ4n) is 2.32. The predicted octanol–water partition coefficient (Wildman–Crippen LogP) is 1.17. The molecule has 0 radical (unpaired) electrons. The maximum absolute atomic E-state index is 5.81. The summed E-state index contributed by atoms with van der Waals surface area (Å²) < 4.78 is 1.82. The summed E-state index contributed by atoms with van der Waals surface area (Å²) in [6, 6.07) is 6.65. The Morgan fingerprint density at radius 3 is 2.93 bits per heavy atom. The molecule has 1 aromatic heterocycles. The normalized spacial score (nSPS) is 25.5. The Balaban J connectivity index is 2.10. The zero-order valence-corrected chi connectivity index (χ0v) is 8.72. The molecule has 4 heteroatoms. The van der Waals surface area contributed by atoms with E-state index in [2.05, 4.69) is 28.5 Å². The van der Waals surface area contributed by atoms with Crippen molar-refractivity contribution in [2.75, 3.05) is 0 Å². The maximum atomic E-state index is 5.81. The van der Waals surface area contributed by atoms with Crippen LogP contribution in [0.1, 0.15) is 24.3 Å². The van der Waals surface area contributed by atoms with Gasteiger partial charge in [0.1, 0.15) is 5.52 Å². The summed E-state index contributed by atoms with van der Waals surface area (Å²) in [6.45, 7) is 0. The molecule has 1 heterocycles. The second-order valence-corrected chi connectivity index (χ2v) is 4.36. The lowest BCUT2D eigenvalue weighted by atomic mass is 9.76. The van der Waals surface area contributed by atoms with Crippen molar-refractivity contribution in [2.45, 2.75) is 24.8 Å². The van der Waals surface area contributed by atoms with Crippen molar-refractivity contribution in [3.05, 3.63) is 23.8 Å². The molecule has 4 nitrogen and oxygen atoms in total. The van der Waals surface area contributed by atoms with Crippen LogP contribution in [-0.2, 0) is 7.05 Å². The molecule has 3 rings (SSSR count). The van der Waals surface area contributed by atoms with E-state index in [1.165, 1.54) is 5.56 Å². The molecule has 78 valence electrons. The number of nitrogens with two attached hydrogens (primary N) is 1. The molecule has 0 bridgehead atoms. The number of hydrogen-bond acceptors (Lipinski definition) is 3. The van der Waals surface area contributed by atoms with Crippen molar-refractivity contribution in [1.29, 1.82) is 0 Å². The summed E-state index contributed by atoms with van der Waals surface area (Å²) in [5, 5.41) is 8.27. The zero-order valence-electron chi connectivity index (χ0n) is 8.72. The van der Waals surface area contributed by atoms with E-state index >= 15 is 0 Å². The Labute approximate surface area is 88.1 Å². The number of aromatic nitrogens is 3. The van der Waals surface area contributed by atoms with Crippen molar-refractivity contribution in [2.24, 2.45) is 12.8 Å². The molecule has 0 spiro atoms. The number of benzene rings is 1. The van der Waals surface area contributed by atoms with Gasteiger partial charge in [-0.2, -0.15) is 0 Å². The average Bonchev–Trinajstić information content (AvgIpc) is 2.56. The number of nitrogens with zero attached hydrogens (tertiary/aromatic N) is 3. The Morgan fingerprint density at radius 1 is 1.40 bits per heavy atom. The lowest BCUT2D eigenvalue weighted by molar-refractivity contribution is 0.353. The second kappa shape index (κ2) is 3.03. The minimum absolute atomic E-state index is 0.377. The van der Waals surface area contributed by atoms with Crippen LogP contribution in [0.3, 0.4) is 0 Å². The maximum Gasteiger partial charge on any atom is 0.116 e. The van der Waals surface area contributed by atoms with Crippen LogP contribution in [0.4, 0.5) is 0 Å². The van der Waals surface area contributed by atoms with E-state index in [0.717, 1.165) is 23.9 Å². The summed E-state index contributed by atoms with van der Waals surface area (Å²) in [7, 11) is 1.92. The SMILES string of the molecule is Cn1nnc2c(C3CC(N)C3)cccc21. The van der Waals surface area contributed by atoms with Gasteiger partial charge in [-0.25, -0.2) is 4.68 Å². The molecule has 15 heavy (non-hydrogen) atoms. The van der Waals surface area contributed by atoms with Gasteiger partial charge in [-0.05, 0) is 30.4 Å². The number of hydrogen-bond donors (Lipinski definition) is 1. The van der Waals surface area contributed by atoms with E-state index in [9.17, 15) is 0 Å². The summed E-state index contributed by atoms with van der Waals surface area (Å²) >= 11 is 0. The van der Waals surface area contributed by atoms with Gasteiger partial charge in [0.25, 0.3) is 0 Å². The van der Waals surface area contributed by atoms with Crippen molar-refractivity contribution in [3.63, 3.8) is 0 Å². The third-order valence-electron chi connectivity index (χ3n) is 3.29. The highest BCUT2D eigenvalue weighted by atomic mass is 15.4. The van der Waals surface area contributed by atoms with Gasteiger partial charge in [-0.1, -0.05) is 17.3 Å². The van der Waals surface area contributed by atoms with E-state index in [-0.39, 0.29) is 0 Å². The molecule has 1 saturated carbocycles. The number of rotatable bonds is 1. The van der Waals surface area contributed by atoms with Gasteiger partial charge in [0, 0.05) is 13.1 Å². The second-order valence-electron chi connectivity index (χ2n) is 4.36. The van der Waals surface area contributed by atoms with Gasteiger partial charge < -0.3 is 5.73 Å². The summed E-state index contributed by atoms with van der Waals surface area (Å²) in [6.07, 6.45) is 2.16. The molecule has 1 fully saturated rings. The van der Waals surface area contributed by atoms with Gasteiger partial charge in [-0.3, -0.25) is 0 Å². The van der Waals surface area contributed by atoms with Crippen molar-refractivity contribution < 1.29 is 0 Å². The van der Waals surface area contributed by atoms with Gasteiger partial charge in [-0.15, -0.1) is 5.10 Å². The Morgan fingerprint density at radius 2 is 2.20 bits per heavy atom. The molecule has 2 aromatic rings. The van der Waals surface area contributed by atoms with Gasteiger partial charge in [0.05, 0.1) is 5.52 Å². The minimum atomic E-state index is 0.377. The molecule has 0 unspecified atom stereocenters. The summed E-state index contributed by atoms with van der Waals surface area (Å²) in [5.74, 6) is 0.584. The number of fused-ring (bicyclic) bond motifs is 1. The summed E-state index contributed by atoms with van der Waals surface area (Å²) in [5.41, 5.74) is 9.27. The molecular formula is C11H14N4. The zero-order chi connectivity index (χ0) is 10.4. The van der Waals surface area contributed by atoms with Gasteiger partial charge >= 0.3 is 0 Å². The monoisotopic (exact) mass is 202 g/mol. The van der Waals surface area contributed by atoms with Crippen LogP contribution in [0.15, 0.2) is 18.2 Å². The van der Waals surface area contributed by atoms with Crippen LogP contribution in [-0.4, -0.2) is 21.0 Å². The first-order chi connectivity index (χ1) is 7.25. The van der Waals surface area contributed by atoms with E-state index in [1.54, 1.807) is 0 Å². The minimum Gasteiger partial charge on any atom is -0.328 e. The van der Waals surface area contributed by atoms with E-state index in [4.69, 9.17) is 5.73 Å². The van der Waals surface area contributed by atoms with Gasteiger partial charge in [0.15, 0.2) is 0 Å². The van der Waals surface area contributed by atoms with Crippen molar-refractivity contribution in [3.8, 4) is 0 Å². The van der Waals surface area contributed by atoms with Crippen molar-refractivity contribution >= 4 is 11.0 Å². The van der Waals surface area contributed by atoms with Crippen LogP contribution in [0.2, 0.25) is 0 Å². The van der Waals surface area contributed by atoms with Crippen LogP contribution in [0.5, 0.6) is 0 Å². The number of aryl methyl sites for hydroxylation is 1. The Kier molecular flexibility index (Phi) is 1.79. The standard InChI is InChI=1S/C11H14N4/c1-15-10-4-2-3-9(11(10)13-14-15)7-5-8(12)6-7/h2-4,7-8H,5-6,12H2,1H3. The Hall–Kier alpha value is -1.42. The van der Waals surface area contributed by atoms with Crippen LogP contribution in [0.25, 0.3) is 11.0 Å². The first-order valence-corrected chi connectivity index (χ1v) is 5.29. The van der Waals surface area contributed by atoms with Crippen LogP contribution >= 0.6 is 0 Å². The molecular weight excluding hydrogens is 188 g/mol. The topological polar surface area (TPSA) is 56.7 Å². The van der Waals surface area contributed by atoms with E-state index in [0.29, 0.717) is 12.0 Å². The van der Waals surface area contributed by atoms with Crippen molar-refractivity contribution in [1.82, 2.24) is 15.0 Å². The highest BCUT2D eigenvalue weighted by molar-refractivity contribution is 5.78. The van der Waals surface area contributed by atoms with Crippen LogP contribution in [0, 0.1) is 0 Å². The molecule has 0 amide bonds. The van der Waals surface area contributed by atoms with Crippen LogP contribution < -0.4 is 5.73 Å². The summed E-state index contributed by atoms with van der Waals surface area (Å²) in [4.78, 5) is 0. The van der Waals surface area contributed by atoms with Gasteiger partial charge in [0.2, 0.25) is 0 Å². The first-order valence-electron chi connectivity index (χ1n) is 5.29. The Bertz CT molecular complexity index is 496. The fraction of sp³-hybridized carbons (Fsp3) is 0.455. The quantitative estimate of drug-likeness (QED) is 0.755. The lowest BCUT2D eigenvalue weighted by Gasteiger charge is -2.32. The first kappa shape index (κ1) is 8.85. The third kappa shape index (κ3) is 1.25. The molecule has 1 aliphatic rings. The molecule has 0 atom stereocenters. The highest BCUT2D eigenvalue weighted by Crippen LogP contribution is 2.38. The third-order valence-corrected chi connectivity index (χ3v) is 3.29. The molecule has 1 aromatic carbocycles.